The number of benzene rings is 3. The lowest BCUT2D eigenvalue weighted by Crippen LogP contribution is -2.33. The number of fused-ring (bicyclic) bond motifs is 1. The van der Waals surface area contributed by atoms with E-state index in [2.05, 4.69) is 42.6 Å². The maximum Gasteiger partial charge on any atom is 0.266 e. The second-order valence-corrected chi connectivity index (χ2v) is 10.5. The summed E-state index contributed by atoms with van der Waals surface area (Å²) in [6, 6.07) is 15.1. The van der Waals surface area contributed by atoms with Gasteiger partial charge in [-0.25, -0.2) is 23.7 Å². The van der Waals surface area contributed by atoms with Gasteiger partial charge in [0.1, 0.15) is 16.8 Å². The number of amides is 1. The Morgan fingerprint density at radius 1 is 1.02 bits per heavy atom. The molecule has 5 aromatic rings. The van der Waals surface area contributed by atoms with Crippen LogP contribution in [0.15, 0.2) is 84.2 Å². The molecule has 0 saturated carbocycles. The zero-order valence-electron chi connectivity index (χ0n) is 24.9. The summed E-state index contributed by atoms with van der Waals surface area (Å²) in [4.78, 5) is 40.7. The van der Waals surface area contributed by atoms with Gasteiger partial charge in [-0.05, 0) is 67.2 Å². The van der Waals surface area contributed by atoms with E-state index >= 15 is 0 Å². The van der Waals surface area contributed by atoms with Crippen LogP contribution >= 0.6 is 0 Å². The number of anilines is 2. The van der Waals surface area contributed by atoms with Gasteiger partial charge in [0.05, 0.1) is 20.0 Å². The monoisotopic (exact) mass is 611 g/mol. The fourth-order valence-electron chi connectivity index (χ4n) is 4.63. The SMILES string of the molecule is COc1cc(/C=C/CNC(=O)c2cncn(Cc3ccc(F)c(F)c3)c2=O)cc2cnc(Nc3ccc(CN(C)C)cc3)nc12. The normalized spacial score (nSPS) is 11.3. The summed E-state index contributed by atoms with van der Waals surface area (Å²) in [6.07, 6.45) is 7.64. The highest BCUT2D eigenvalue weighted by Gasteiger charge is 2.13. The van der Waals surface area contributed by atoms with Crippen LogP contribution in [0, 0.1) is 11.6 Å². The number of methoxy groups -OCH3 is 1. The number of nitrogens with one attached hydrogen (secondary N) is 2. The Balaban J connectivity index is 1.23. The third-order valence-corrected chi connectivity index (χ3v) is 6.77. The molecular weight excluding hydrogens is 580 g/mol. The minimum atomic E-state index is -1.02. The van der Waals surface area contributed by atoms with E-state index in [0.717, 1.165) is 39.9 Å². The van der Waals surface area contributed by atoms with Crippen LogP contribution in [0.5, 0.6) is 5.75 Å². The van der Waals surface area contributed by atoms with E-state index in [-0.39, 0.29) is 18.7 Å². The molecule has 0 aliphatic rings. The molecule has 2 heterocycles. The largest absolute Gasteiger partial charge is 0.494 e. The number of ether oxygens (including phenoxy) is 1. The molecule has 0 radical (unpaired) electrons. The fourth-order valence-corrected chi connectivity index (χ4v) is 4.63. The van der Waals surface area contributed by atoms with Crippen LogP contribution in [0.1, 0.15) is 27.0 Å². The van der Waals surface area contributed by atoms with Crippen LogP contribution in [-0.2, 0) is 13.1 Å². The second kappa shape index (κ2) is 13.9. The van der Waals surface area contributed by atoms with Crippen LogP contribution in [0.3, 0.4) is 0 Å². The first kappa shape index (κ1) is 31.0. The van der Waals surface area contributed by atoms with E-state index < -0.39 is 23.1 Å². The number of hydrogen-bond acceptors (Lipinski definition) is 8. The number of aromatic nitrogens is 4. The van der Waals surface area contributed by atoms with Gasteiger partial charge in [-0.1, -0.05) is 30.4 Å². The van der Waals surface area contributed by atoms with Crippen molar-refractivity contribution in [1.82, 2.24) is 29.7 Å². The van der Waals surface area contributed by atoms with Crippen molar-refractivity contribution >= 4 is 34.5 Å². The van der Waals surface area contributed by atoms with Crippen LogP contribution < -0.4 is 20.9 Å². The van der Waals surface area contributed by atoms with Crippen molar-refractivity contribution in [2.45, 2.75) is 13.1 Å². The average Bonchev–Trinajstić information content (AvgIpc) is 3.02. The van der Waals surface area contributed by atoms with Crippen LogP contribution in [0.25, 0.3) is 17.0 Å². The van der Waals surface area contributed by atoms with Crippen molar-refractivity contribution in [1.29, 1.82) is 0 Å². The first-order valence-corrected chi connectivity index (χ1v) is 14.0. The van der Waals surface area contributed by atoms with E-state index in [1.165, 1.54) is 24.2 Å². The van der Waals surface area contributed by atoms with Crippen LogP contribution in [-0.4, -0.2) is 58.1 Å². The zero-order valence-corrected chi connectivity index (χ0v) is 24.9. The Morgan fingerprint density at radius 3 is 2.53 bits per heavy atom. The third kappa shape index (κ3) is 7.73. The van der Waals surface area contributed by atoms with Crippen molar-refractivity contribution in [2.24, 2.45) is 0 Å². The summed E-state index contributed by atoms with van der Waals surface area (Å²) in [5.41, 5.74) is 3.08. The molecule has 3 aromatic carbocycles. The lowest BCUT2D eigenvalue weighted by atomic mass is 10.1. The van der Waals surface area contributed by atoms with Crippen LogP contribution in [0.4, 0.5) is 20.4 Å². The first-order chi connectivity index (χ1) is 21.7. The van der Waals surface area contributed by atoms with Crippen molar-refractivity contribution < 1.29 is 18.3 Å². The predicted octanol–water partition coefficient (Wildman–Crippen LogP) is 4.77. The molecule has 0 aliphatic heterocycles. The number of halogens is 2. The van der Waals surface area contributed by atoms with Gasteiger partial charge in [0.2, 0.25) is 5.95 Å². The van der Waals surface area contributed by atoms with Gasteiger partial charge in [-0.15, -0.1) is 0 Å². The Kier molecular flexibility index (Phi) is 9.54. The van der Waals surface area contributed by atoms with Gasteiger partial charge in [0.25, 0.3) is 11.5 Å². The third-order valence-electron chi connectivity index (χ3n) is 6.77. The minimum absolute atomic E-state index is 0.0702. The van der Waals surface area contributed by atoms with E-state index in [1.54, 1.807) is 25.5 Å². The molecule has 0 atom stereocenters. The smallest absolute Gasteiger partial charge is 0.266 e. The highest BCUT2D eigenvalue weighted by molar-refractivity contribution is 5.93. The maximum absolute atomic E-state index is 13.6. The average molecular weight is 612 g/mol. The molecule has 2 aromatic heterocycles. The number of hydrogen-bond donors (Lipinski definition) is 2. The molecule has 5 rings (SSSR count). The Morgan fingerprint density at radius 2 is 1.80 bits per heavy atom. The molecule has 0 bridgehead atoms. The number of nitrogens with zero attached hydrogens (tertiary/aromatic N) is 5. The highest BCUT2D eigenvalue weighted by atomic mass is 19.2. The van der Waals surface area contributed by atoms with Gasteiger partial charge in [-0.3, -0.25) is 14.2 Å². The van der Waals surface area contributed by atoms with Gasteiger partial charge >= 0.3 is 0 Å². The fraction of sp³-hybridized carbons (Fsp3) is 0.182. The highest BCUT2D eigenvalue weighted by Crippen LogP contribution is 2.28. The van der Waals surface area contributed by atoms with E-state index in [0.29, 0.717) is 22.8 Å². The molecule has 0 aliphatic carbocycles. The molecule has 45 heavy (non-hydrogen) atoms. The van der Waals surface area contributed by atoms with Crippen molar-refractivity contribution in [2.75, 3.05) is 33.1 Å². The zero-order chi connectivity index (χ0) is 31.9. The number of rotatable bonds is 11. The van der Waals surface area contributed by atoms with Gasteiger partial charge in [0.15, 0.2) is 11.6 Å². The Hall–Kier alpha value is -5.49. The molecule has 1 amide bonds. The molecule has 12 heteroatoms. The molecule has 0 saturated heterocycles. The molecule has 0 unspecified atom stereocenters. The molecule has 230 valence electrons. The van der Waals surface area contributed by atoms with E-state index in [4.69, 9.17) is 4.74 Å². The van der Waals surface area contributed by atoms with Crippen LogP contribution in [0.2, 0.25) is 0 Å². The lowest BCUT2D eigenvalue weighted by molar-refractivity contribution is 0.0955. The molecule has 10 nitrogen and oxygen atoms in total. The summed E-state index contributed by atoms with van der Waals surface area (Å²) >= 11 is 0. The van der Waals surface area contributed by atoms with Crippen molar-refractivity contribution in [3.8, 4) is 5.75 Å². The lowest BCUT2D eigenvalue weighted by Gasteiger charge is -2.11. The summed E-state index contributed by atoms with van der Waals surface area (Å²) in [5, 5.41) is 6.67. The van der Waals surface area contributed by atoms with Crippen molar-refractivity contribution in [3.63, 3.8) is 0 Å². The predicted molar refractivity (Wildman–Crippen MR) is 169 cm³/mol. The Bertz CT molecular complexity index is 1930. The number of carbonyl (C=O) groups is 1. The molecule has 0 fully saturated rings. The second-order valence-electron chi connectivity index (χ2n) is 10.5. The molecular formula is C33H31F2N7O3. The minimum Gasteiger partial charge on any atom is -0.494 e. The van der Waals surface area contributed by atoms with Crippen molar-refractivity contribution in [3.05, 3.63) is 124 Å². The Labute approximate surface area is 258 Å². The molecule has 2 N–H and O–H groups in total. The standard InChI is InChI=1S/C33H31F2N7O3/c1-41(2)18-21-6-9-25(10-7-21)39-33-38-16-24-13-22(15-29(45-3)30(24)40-33)5-4-12-37-31(43)26-17-36-20-42(32(26)44)19-23-8-11-27(34)28(35)14-23/h4-11,13-17,20H,12,18-19H2,1-3H3,(H,37,43)(H,38,39,40)/b5-4+. The molecule has 0 spiro atoms. The first-order valence-electron chi connectivity index (χ1n) is 14.0. The summed E-state index contributed by atoms with van der Waals surface area (Å²) in [6.45, 7) is 0.908. The van der Waals surface area contributed by atoms with E-state index in [9.17, 15) is 18.4 Å². The van der Waals surface area contributed by atoms with E-state index in [1.807, 2.05) is 38.4 Å². The van der Waals surface area contributed by atoms with Gasteiger partial charge in [-0.2, -0.15) is 0 Å². The quantitative estimate of drug-likeness (QED) is 0.220. The summed E-state index contributed by atoms with van der Waals surface area (Å²) < 4.78 is 33.6. The van der Waals surface area contributed by atoms with Gasteiger partial charge in [0, 0.05) is 36.6 Å². The topological polar surface area (TPSA) is 114 Å². The summed E-state index contributed by atoms with van der Waals surface area (Å²) in [7, 11) is 5.61. The number of carbonyl (C=O) groups excluding carboxylic acids is 1. The van der Waals surface area contributed by atoms with Gasteiger partial charge < -0.3 is 20.3 Å². The summed E-state index contributed by atoms with van der Waals surface area (Å²) in [5.74, 6) is -1.63. The maximum atomic E-state index is 13.6.